The largest absolute Gasteiger partial charge is 0.444 e. The molecule has 0 bridgehead atoms. The van der Waals surface area contributed by atoms with Crippen molar-refractivity contribution >= 4 is 17.4 Å². The van der Waals surface area contributed by atoms with Crippen molar-refractivity contribution < 1.29 is 18.3 Å². The molecule has 0 radical (unpaired) electrons. The molecule has 0 aliphatic rings. The first kappa shape index (κ1) is 15.8. The molecular weight excluding hydrogens is 274 g/mol. The predicted octanol–water partition coefficient (Wildman–Crippen LogP) is 3.62. The van der Waals surface area contributed by atoms with Crippen LogP contribution in [-0.2, 0) is 17.2 Å². The van der Waals surface area contributed by atoms with Crippen molar-refractivity contribution in [3.05, 3.63) is 16.1 Å². The quantitative estimate of drug-likeness (QED) is 0.854. The van der Waals surface area contributed by atoms with Gasteiger partial charge in [-0.15, -0.1) is 11.3 Å². The van der Waals surface area contributed by atoms with Crippen LogP contribution in [-0.4, -0.2) is 28.6 Å². The Morgan fingerprint density at radius 2 is 2.00 bits per heavy atom. The highest BCUT2D eigenvalue weighted by Gasteiger charge is 2.28. The first-order valence-corrected chi connectivity index (χ1v) is 6.64. The van der Waals surface area contributed by atoms with E-state index < -0.39 is 17.6 Å². The maximum Gasteiger partial charge on any atom is 0.410 e. The van der Waals surface area contributed by atoms with Crippen LogP contribution in [0, 0.1) is 0 Å². The van der Waals surface area contributed by atoms with Crippen molar-refractivity contribution in [1.29, 1.82) is 0 Å². The molecule has 0 spiro atoms. The van der Waals surface area contributed by atoms with Crippen LogP contribution >= 0.6 is 11.3 Å². The molecule has 19 heavy (non-hydrogen) atoms. The van der Waals surface area contributed by atoms with E-state index in [0.717, 1.165) is 18.3 Å². The van der Waals surface area contributed by atoms with E-state index in [9.17, 15) is 13.6 Å². The van der Waals surface area contributed by atoms with Gasteiger partial charge in [0.1, 0.15) is 16.3 Å². The molecule has 1 aromatic heterocycles. The molecule has 0 saturated heterocycles. The summed E-state index contributed by atoms with van der Waals surface area (Å²) in [6.45, 7) is 6.23. The number of halogens is 2. The van der Waals surface area contributed by atoms with E-state index in [2.05, 4.69) is 4.98 Å². The zero-order valence-corrected chi connectivity index (χ0v) is 12.5. The standard InChI is InChI=1S/C12H18F2N2O2S/c1-11(2,3)18-10(17)16(5)6-9-15-8(7-19-9)12(4,13)14/h7H,6H2,1-5H3. The second-order valence-corrected chi connectivity index (χ2v) is 6.29. The summed E-state index contributed by atoms with van der Waals surface area (Å²) < 4.78 is 31.2. The molecule has 0 atom stereocenters. The van der Waals surface area contributed by atoms with Crippen LogP contribution < -0.4 is 0 Å². The number of aromatic nitrogens is 1. The van der Waals surface area contributed by atoms with Crippen molar-refractivity contribution in [3.63, 3.8) is 0 Å². The minimum absolute atomic E-state index is 0.148. The Labute approximate surface area is 115 Å². The van der Waals surface area contributed by atoms with E-state index in [0.29, 0.717) is 5.01 Å². The topological polar surface area (TPSA) is 42.4 Å². The summed E-state index contributed by atoms with van der Waals surface area (Å²) in [5.41, 5.74) is -0.861. The normalized spacial score (nSPS) is 12.4. The Hall–Kier alpha value is -1.24. The van der Waals surface area contributed by atoms with Gasteiger partial charge in [0.2, 0.25) is 0 Å². The number of nitrogens with zero attached hydrogens (tertiary/aromatic N) is 2. The van der Waals surface area contributed by atoms with Crippen molar-refractivity contribution in [2.24, 2.45) is 0 Å². The third-order valence-electron chi connectivity index (χ3n) is 2.08. The summed E-state index contributed by atoms with van der Waals surface area (Å²) in [6, 6.07) is 0. The van der Waals surface area contributed by atoms with Crippen LogP contribution in [0.4, 0.5) is 13.6 Å². The van der Waals surface area contributed by atoms with Crippen molar-refractivity contribution in [2.75, 3.05) is 7.05 Å². The van der Waals surface area contributed by atoms with Crippen LogP contribution in [0.3, 0.4) is 0 Å². The highest BCUT2D eigenvalue weighted by Crippen LogP contribution is 2.28. The zero-order chi connectivity index (χ0) is 14.8. The molecule has 0 aliphatic carbocycles. The summed E-state index contributed by atoms with van der Waals surface area (Å²) >= 11 is 1.10. The number of thiazole rings is 1. The van der Waals surface area contributed by atoms with E-state index in [4.69, 9.17) is 4.74 Å². The van der Waals surface area contributed by atoms with E-state index in [1.54, 1.807) is 27.8 Å². The van der Waals surface area contributed by atoms with E-state index in [1.807, 2.05) is 0 Å². The summed E-state index contributed by atoms with van der Waals surface area (Å²) in [4.78, 5) is 16.8. The summed E-state index contributed by atoms with van der Waals surface area (Å²) in [5, 5.41) is 1.75. The average molecular weight is 292 g/mol. The van der Waals surface area contributed by atoms with Gasteiger partial charge in [-0.2, -0.15) is 8.78 Å². The van der Waals surface area contributed by atoms with Crippen molar-refractivity contribution in [1.82, 2.24) is 9.88 Å². The second-order valence-electron chi connectivity index (χ2n) is 5.35. The summed E-state index contributed by atoms with van der Waals surface area (Å²) in [6.07, 6.45) is -0.507. The van der Waals surface area contributed by atoms with Gasteiger partial charge in [0.05, 0.1) is 6.54 Å². The van der Waals surface area contributed by atoms with Gasteiger partial charge in [-0.3, -0.25) is 0 Å². The number of carbonyl (C=O) groups is 1. The van der Waals surface area contributed by atoms with E-state index in [1.165, 1.54) is 10.3 Å². The van der Waals surface area contributed by atoms with Crippen LogP contribution in [0.1, 0.15) is 38.4 Å². The molecule has 4 nitrogen and oxygen atoms in total. The lowest BCUT2D eigenvalue weighted by Gasteiger charge is -2.24. The molecule has 0 aliphatic heterocycles. The van der Waals surface area contributed by atoms with Crippen LogP contribution in [0.2, 0.25) is 0 Å². The number of amides is 1. The Morgan fingerprint density at radius 3 is 2.42 bits per heavy atom. The fourth-order valence-electron chi connectivity index (χ4n) is 1.19. The number of ether oxygens (including phenoxy) is 1. The lowest BCUT2D eigenvalue weighted by atomic mass is 10.2. The minimum Gasteiger partial charge on any atom is -0.444 e. The molecule has 108 valence electrons. The summed E-state index contributed by atoms with van der Waals surface area (Å²) in [7, 11) is 1.54. The van der Waals surface area contributed by atoms with Gasteiger partial charge in [0, 0.05) is 19.4 Å². The molecule has 0 N–H and O–H groups in total. The Bertz CT molecular complexity index is 449. The first-order chi connectivity index (χ1) is 8.49. The SMILES string of the molecule is CN(Cc1nc(C(C)(F)F)cs1)C(=O)OC(C)(C)C. The van der Waals surface area contributed by atoms with Gasteiger partial charge < -0.3 is 9.64 Å². The zero-order valence-electron chi connectivity index (χ0n) is 11.7. The molecule has 0 saturated carbocycles. The van der Waals surface area contributed by atoms with Gasteiger partial charge in [0.15, 0.2) is 0 Å². The van der Waals surface area contributed by atoms with Crippen LogP contribution in [0.15, 0.2) is 5.38 Å². The third kappa shape index (κ3) is 5.10. The van der Waals surface area contributed by atoms with Gasteiger partial charge in [-0.1, -0.05) is 0 Å². The fraction of sp³-hybridized carbons (Fsp3) is 0.667. The van der Waals surface area contributed by atoms with E-state index in [-0.39, 0.29) is 12.2 Å². The highest BCUT2D eigenvalue weighted by molar-refractivity contribution is 7.09. The third-order valence-corrected chi connectivity index (χ3v) is 2.91. The van der Waals surface area contributed by atoms with Gasteiger partial charge >= 0.3 is 6.09 Å². The molecule has 1 amide bonds. The van der Waals surface area contributed by atoms with Gasteiger partial charge in [-0.25, -0.2) is 9.78 Å². The lowest BCUT2D eigenvalue weighted by molar-refractivity contribution is 0.0131. The van der Waals surface area contributed by atoms with E-state index >= 15 is 0 Å². The second kappa shape index (κ2) is 5.40. The molecule has 0 fully saturated rings. The first-order valence-electron chi connectivity index (χ1n) is 5.76. The Kier molecular flexibility index (Phi) is 4.50. The predicted molar refractivity (Wildman–Crippen MR) is 69.4 cm³/mol. The van der Waals surface area contributed by atoms with Crippen molar-refractivity contribution in [3.8, 4) is 0 Å². The molecule has 7 heteroatoms. The number of alkyl halides is 2. The van der Waals surface area contributed by atoms with Gasteiger partial charge in [-0.05, 0) is 20.8 Å². The molecule has 1 heterocycles. The summed E-state index contributed by atoms with van der Waals surface area (Å²) in [5.74, 6) is -2.96. The molecular formula is C12H18F2N2O2S. The van der Waals surface area contributed by atoms with Crippen molar-refractivity contribution in [2.45, 2.75) is 45.8 Å². The maximum atomic E-state index is 13.0. The lowest BCUT2D eigenvalue weighted by Crippen LogP contribution is -2.33. The Balaban J connectivity index is 2.65. The van der Waals surface area contributed by atoms with Crippen LogP contribution in [0.5, 0.6) is 0 Å². The monoisotopic (exact) mass is 292 g/mol. The molecule has 0 unspecified atom stereocenters. The van der Waals surface area contributed by atoms with Gasteiger partial charge in [0.25, 0.3) is 5.92 Å². The fourth-order valence-corrected chi connectivity index (χ4v) is 2.12. The number of carbonyl (C=O) groups excluding carboxylic acids is 1. The smallest absolute Gasteiger partial charge is 0.410 e. The molecule has 0 aromatic carbocycles. The molecule has 1 aromatic rings. The Morgan fingerprint density at radius 1 is 1.42 bits per heavy atom. The number of hydrogen-bond donors (Lipinski definition) is 0. The average Bonchev–Trinajstić information content (AvgIpc) is 2.62. The number of rotatable bonds is 3. The number of hydrogen-bond acceptors (Lipinski definition) is 4. The highest BCUT2D eigenvalue weighted by atomic mass is 32.1. The minimum atomic E-state index is -2.96. The maximum absolute atomic E-state index is 13.0. The van der Waals surface area contributed by atoms with Crippen LogP contribution in [0.25, 0.3) is 0 Å². The molecule has 1 rings (SSSR count).